The second-order valence-corrected chi connectivity index (χ2v) is 3.47. The molecule has 10 heavy (non-hydrogen) atoms. The number of nitrogens with zero attached hydrogens (tertiary/aromatic N) is 1. The molecule has 1 heterocycles. The fraction of sp³-hybridized carbons (Fsp3) is 0.375. The number of halogens is 1. The van der Waals surface area contributed by atoms with Crippen LogP contribution in [0.3, 0.4) is 0 Å². The summed E-state index contributed by atoms with van der Waals surface area (Å²) in [7, 11) is 0. The molecule has 0 N–H and O–H groups in total. The first-order valence-electron chi connectivity index (χ1n) is 3.31. The van der Waals surface area contributed by atoms with E-state index in [0.717, 1.165) is 10.2 Å². The van der Waals surface area contributed by atoms with Crippen molar-refractivity contribution in [3.63, 3.8) is 0 Å². The van der Waals surface area contributed by atoms with Crippen molar-refractivity contribution in [1.82, 2.24) is 4.98 Å². The molecule has 1 aromatic rings. The van der Waals surface area contributed by atoms with E-state index in [1.165, 1.54) is 0 Å². The number of aromatic nitrogens is 1. The van der Waals surface area contributed by atoms with Crippen molar-refractivity contribution in [3.8, 4) is 0 Å². The Labute approximate surface area is 69.6 Å². The van der Waals surface area contributed by atoms with Crippen molar-refractivity contribution in [2.24, 2.45) is 0 Å². The molecule has 1 nitrogen and oxygen atoms in total. The van der Waals surface area contributed by atoms with E-state index < -0.39 is 0 Å². The zero-order valence-electron chi connectivity index (χ0n) is 6.13. The van der Waals surface area contributed by atoms with Crippen molar-refractivity contribution in [2.75, 3.05) is 0 Å². The highest BCUT2D eigenvalue weighted by Crippen LogP contribution is 2.15. The van der Waals surface area contributed by atoms with Crippen LogP contribution >= 0.6 is 15.9 Å². The lowest BCUT2D eigenvalue weighted by molar-refractivity contribution is 0.821. The molecule has 2 heteroatoms. The minimum atomic E-state index is 0.512. The Balaban J connectivity index is 2.96. The third kappa shape index (κ3) is 1.81. The molecular formula is C8H10BrN. The lowest BCUT2D eigenvalue weighted by Gasteiger charge is -2.02. The number of hydrogen-bond acceptors (Lipinski definition) is 1. The Bertz CT molecular complexity index is 220. The SMILES string of the molecule is CC(C)c1cc(Br)ccn1. The summed E-state index contributed by atoms with van der Waals surface area (Å²) in [6.07, 6.45) is 1.82. The van der Waals surface area contributed by atoms with E-state index in [2.05, 4.69) is 34.8 Å². The van der Waals surface area contributed by atoms with Crippen LogP contribution < -0.4 is 0 Å². The molecule has 1 rings (SSSR count). The highest BCUT2D eigenvalue weighted by atomic mass is 79.9. The van der Waals surface area contributed by atoms with Gasteiger partial charge in [0.15, 0.2) is 0 Å². The third-order valence-corrected chi connectivity index (χ3v) is 1.83. The molecule has 0 saturated carbocycles. The zero-order valence-corrected chi connectivity index (χ0v) is 7.72. The number of pyridine rings is 1. The molecule has 0 aliphatic carbocycles. The number of hydrogen-bond donors (Lipinski definition) is 0. The average Bonchev–Trinajstić information content (AvgIpc) is 1.88. The molecule has 1 aromatic heterocycles. The van der Waals surface area contributed by atoms with Gasteiger partial charge in [0.2, 0.25) is 0 Å². The third-order valence-electron chi connectivity index (χ3n) is 1.33. The van der Waals surface area contributed by atoms with Gasteiger partial charge in [-0.1, -0.05) is 29.8 Å². The molecule has 0 aliphatic heterocycles. The van der Waals surface area contributed by atoms with Crippen LogP contribution in [0.25, 0.3) is 0 Å². The topological polar surface area (TPSA) is 12.9 Å². The van der Waals surface area contributed by atoms with E-state index in [4.69, 9.17) is 0 Å². The molecule has 0 atom stereocenters. The summed E-state index contributed by atoms with van der Waals surface area (Å²) >= 11 is 3.39. The summed E-state index contributed by atoms with van der Waals surface area (Å²) in [6.45, 7) is 4.27. The predicted molar refractivity (Wildman–Crippen MR) is 46.0 cm³/mol. The highest BCUT2D eigenvalue weighted by Gasteiger charge is 1.98. The molecule has 0 radical (unpaired) electrons. The largest absolute Gasteiger partial charge is 0.261 e. The van der Waals surface area contributed by atoms with Crippen LogP contribution in [0, 0.1) is 0 Å². The van der Waals surface area contributed by atoms with Crippen molar-refractivity contribution in [1.29, 1.82) is 0 Å². The Morgan fingerprint density at radius 2 is 2.20 bits per heavy atom. The van der Waals surface area contributed by atoms with E-state index in [-0.39, 0.29) is 0 Å². The van der Waals surface area contributed by atoms with Crippen molar-refractivity contribution < 1.29 is 0 Å². The van der Waals surface area contributed by atoms with Gasteiger partial charge in [-0.25, -0.2) is 0 Å². The van der Waals surface area contributed by atoms with Crippen molar-refractivity contribution in [3.05, 3.63) is 28.5 Å². The normalized spacial score (nSPS) is 10.4. The molecule has 0 unspecified atom stereocenters. The van der Waals surface area contributed by atoms with Gasteiger partial charge in [-0.05, 0) is 18.1 Å². The lowest BCUT2D eigenvalue weighted by Crippen LogP contribution is -1.90. The van der Waals surface area contributed by atoms with Crippen molar-refractivity contribution in [2.45, 2.75) is 19.8 Å². The van der Waals surface area contributed by atoms with Gasteiger partial charge < -0.3 is 0 Å². The van der Waals surface area contributed by atoms with Crippen LogP contribution in [0.1, 0.15) is 25.5 Å². The maximum Gasteiger partial charge on any atom is 0.0440 e. The molecule has 0 amide bonds. The van der Waals surface area contributed by atoms with Gasteiger partial charge in [0.1, 0.15) is 0 Å². The fourth-order valence-corrected chi connectivity index (χ4v) is 1.09. The van der Waals surface area contributed by atoms with Crippen LogP contribution in [0.15, 0.2) is 22.8 Å². The molecule has 0 bridgehead atoms. The van der Waals surface area contributed by atoms with Gasteiger partial charge in [-0.2, -0.15) is 0 Å². The highest BCUT2D eigenvalue weighted by molar-refractivity contribution is 9.10. The van der Waals surface area contributed by atoms with Crippen LogP contribution in [-0.2, 0) is 0 Å². The Morgan fingerprint density at radius 1 is 1.50 bits per heavy atom. The first-order chi connectivity index (χ1) is 4.70. The summed E-state index contributed by atoms with van der Waals surface area (Å²) in [5.74, 6) is 0.512. The van der Waals surface area contributed by atoms with Crippen LogP contribution in [0.5, 0.6) is 0 Å². The van der Waals surface area contributed by atoms with Crippen LogP contribution in [0.2, 0.25) is 0 Å². The summed E-state index contributed by atoms with van der Waals surface area (Å²) < 4.78 is 1.10. The van der Waals surface area contributed by atoms with E-state index >= 15 is 0 Å². The summed E-state index contributed by atoms with van der Waals surface area (Å²) in [5.41, 5.74) is 1.13. The minimum absolute atomic E-state index is 0.512. The van der Waals surface area contributed by atoms with E-state index in [9.17, 15) is 0 Å². The van der Waals surface area contributed by atoms with E-state index in [1.54, 1.807) is 0 Å². The second kappa shape index (κ2) is 3.15. The molecule has 0 spiro atoms. The predicted octanol–water partition coefficient (Wildman–Crippen LogP) is 2.97. The second-order valence-electron chi connectivity index (χ2n) is 2.55. The Kier molecular flexibility index (Phi) is 2.44. The molecule has 0 aromatic carbocycles. The van der Waals surface area contributed by atoms with E-state index in [1.807, 2.05) is 18.3 Å². The Morgan fingerprint density at radius 3 is 2.60 bits per heavy atom. The summed E-state index contributed by atoms with van der Waals surface area (Å²) in [5, 5.41) is 0. The Hall–Kier alpha value is -0.370. The first-order valence-corrected chi connectivity index (χ1v) is 4.11. The van der Waals surface area contributed by atoms with Gasteiger partial charge in [-0.15, -0.1) is 0 Å². The smallest absolute Gasteiger partial charge is 0.0440 e. The van der Waals surface area contributed by atoms with Gasteiger partial charge in [0.25, 0.3) is 0 Å². The molecular weight excluding hydrogens is 190 g/mol. The minimum Gasteiger partial charge on any atom is -0.261 e. The van der Waals surface area contributed by atoms with Gasteiger partial charge in [-0.3, -0.25) is 4.98 Å². The van der Waals surface area contributed by atoms with Crippen molar-refractivity contribution >= 4 is 15.9 Å². The van der Waals surface area contributed by atoms with Crippen LogP contribution in [0.4, 0.5) is 0 Å². The zero-order chi connectivity index (χ0) is 7.56. The maximum atomic E-state index is 4.21. The summed E-state index contributed by atoms with van der Waals surface area (Å²) in [4.78, 5) is 4.21. The standard InChI is InChI=1S/C8H10BrN/c1-6(2)8-5-7(9)3-4-10-8/h3-6H,1-2H3. The fourth-order valence-electron chi connectivity index (χ4n) is 0.737. The molecule has 0 aliphatic rings. The molecule has 0 saturated heterocycles. The number of rotatable bonds is 1. The lowest BCUT2D eigenvalue weighted by atomic mass is 10.1. The maximum absolute atomic E-state index is 4.21. The first kappa shape index (κ1) is 7.73. The molecule has 0 fully saturated rings. The molecule has 54 valence electrons. The van der Waals surface area contributed by atoms with Gasteiger partial charge in [0.05, 0.1) is 0 Å². The van der Waals surface area contributed by atoms with Gasteiger partial charge >= 0.3 is 0 Å². The van der Waals surface area contributed by atoms with Gasteiger partial charge in [0, 0.05) is 16.4 Å². The summed E-state index contributed by atoms with van der Waals surface area (Å²) in [6, 6.07) is 3.98. The van der Waals surface area contributed by atoms with Crippen LogP contribution in [-0.4, -0.2) is 4.98 Å². The average molecular weight is 200 g/mol. The monoisotopic (exact) mass is 199 g/mol. The van der Waals surface area contributed by atoms with E-state index in [0.29, 0.717) is 5.92 Å². The quantitative estimate of drug-likeness (QED) is 0.679.